The lowest BCUT2D eigenvalue weighted by atomic mass is 10.3. The highest BCUT2D eigenvalue weighted by Crippen LogP contribution is 1.92. The highest BCUT2D eigenvalue weighted by Gasteiger charge is 1.92. The highest BCUT2D eigenvalue weighted by molar-refractivity contribution is 6.17. The van der Waals surface area contributed by atoms with Crippen LogP contribution in [0.25, 0.3) is 0 Å². The van der Waals surface area contributed by atoms with Crippen LogP contribution in [0.3, 0.4) is 0 Å². The molecule has 84 valence electrons. The van der Waals surface area contributed by atoms with E-state index < -0.39 is 0 Å². The fraction of sp³-hybridized carbons (Fsp3) is 0.545. The summed E-state index contributed by atoms with van der Waals surface area (Å²) < 4.78 is 5.25. The lowest BCUT2D eigenvalue weighted by Crippen LogP contribution is -2.17. The zero-order valence-corrected chi connectivity index (χ0v) is 9.54. The third-order valence-electron chi connectivity index (χ3n) is 1.90. The van der Waals surface area contributed by atoms with Crippen LogP contribution in [0, 0.1) is 0 Å². The van der Waals surface area contributed by atoms with Crippen LogP contribution in [0.15, 0.2) is 24.4 Å². The van der Waals surface area contributed by atoms with E-state index in [0.717, 1.165) is 31.8 Å². The Morgan fingerprint density at radius 3 is 3.00 bits per heavy atom. The van der Waals surface area contributed by atoms with Gasteiger partial charge in [-0.15, -0.1) is 11.6 Å². The second kappa shape index (κ2) is 8.65. The van der Waals surface area contributed by atoms with E-state index in [1.807, 2.05) is 18.2 Å². The maximum Gasteiger partial charge on any atom is 0.0601 e. The van der Waals surface area contributed by atoms with Crippen molar-refractivity contribution in [2.24, 2.45) is 0 Å². The molecule has 0 aliphatic heterocycles. The maximum atomic E-state index is 5.47. The van der Waals surface area contributed by atoms with Crippen molar-refractivity contribution in [3.8, 4) is 0 Å². The quantitative estimate of drug-likeness (QED) is 0.545. The summed E-state index contributed by atoms with van der Waals surface area (Å²) in [6.45, 7) is 3.17. The number of ether oxygens (including phenoxy) is 1. The van der Waals surface area contributed by atoms with Crippen LogP contribution in [0.1, 0.15) is 12.1 Å². The van der Waals surface area contributed by atoms with Gasteiger partial charge < -0.3 is 10.1 Å². The third-order valence-corrected chi connectivity index (χ3v) is 2.05. The number of pyridine rings is 1. The average Bonchev–Trinajstić information content (AvgIpc) is 2.29. The number of nitrogens with zero attached hydrogens (tertiary/aromatic N) is 1. The van der Waals surface area contributed by atoms with E-state index in [4.69, 9.17) is 16.3 Å². The fourth-order valence-corrected chi connectivity index (χ4v) is 1.28. The summed E-state index contributed by atoms with van der Waals surface area (Å²) in [5.41, 5.74) is 1.07. The molecule has 0 saturated carbocycles. The summed E-state index contributed by atoms with van der Waals surface area (Å²) in [7, 11) is 0. The van der Waals surface area contributed by atoms with E-state index in [0.29, 0.717) is 12.5 Å². The Bertz CT molecular complexity index is 244. The Hall–Kier alpha value is -0.640. The molecular weight excluding hydrogens is 212 g/mol. The third kappa shape index (κ3) is 6.44. The standard InChI is InChI=1S/C11H17ClN2O/c12-5-9-15-8-3-6-13-10-11-4-1-2-7-14-11/h1-2,4,7,13H,3,5-6,8-10H2. The van der Waals surface area contributed by atoms with Crippen molar-refractivity contribution < 1.29 is 4.74 Å². The lowest BCUT2D eigenvalue weighted by Gasteiger charge is -2.04. The molecule has 4 heteroatoms. The van der Waals surface area contributed by atoms with E-state index in [-0.39, 0.29) is 0 Å². The molecule has 0 aromatic carbocycles. The first-order chi connectivity index (χ1) is 7.43. The van der Waals surface area contributed by atoms with Crippen molar-refractivity contribution in [1.82, 2.24) is 10.3 Å². The summed E-state index contributed by atoms with van der Waals surface area (Å²) in [4.78, 5) is 4.21. The zero-order chi connectivity index (χ0) is 10.8. The summed E-state index contributed by atoms with van der Waals surface area (Å²) in [5, 5.41) is 3.30. The molecule has 0 radical (unpaired) electrons. The summed E-state index contributed by atoms with van der Waals surface area (Å²) in [5.74, 6) is 0.571. The molecule has 3 nitrogen and oxygen atoms in total. The number of alkyl halides is 1. The topological polar surface area (TPSA) is 34.1 Å². The van der Waals surface area contributed by atoms with Crippen molar-refractivity contribution >= 4 is 11.6 Å². The Balaban J connectivity index is 1.93. The van der Waals surface area contributed by atoms with Crippen LogP contribution in [0.5, 0.6) is 0 Å². The number of aromatic nitrogens is 1. The van der Waals surface area contributed by atoms with Gasteiger partial charge in [-0.3, -0.25) is 4.98 Å². The molecule has 0 atom stereocenters. The molecule has 0 amide bonds. The van der Waals surface area contributed by atoms with Gasteiger partial charge in [-0.05, 0) is 25.1 Å². The van der Waals surface area contributed by atoms with E-state index in [1.54, 1.807) is 6.20 Å². The van der Waals surface area contributed by atoms with Gasteiger partial charge >= 0.3 is 0 Å². The van der Waals surface area contributed by atoms with Crippen LogP contribution in [-0.2, 0) is 11.3 Å². The molecule has 1 rings (SSSR count). The predicted octanol–water partition coefficient (Wildman–Crippen LogP) is 1.82. The van der Waals surface area contributed by atoms with Crippen molar-refractivity contribution in [1.29, 1.82) is 0 Å². The molecule has 1 heterocycles. The van der Waals surface area contributed by atoms with E-state index >= 15 is 0 Å². The normalized spacial score (nSPS) is 10.5. The minimum atomic E-state index is 0.571. The van der Waals surface area contributed by atoms with Crippen LogP contribution in [-0.4, -0.2) is 30.6 Å². The Morgan fingerprint density at radius 1 is 1.33 bits per heavy atom. The molecule has 0 saturated heterocycles. The van der Waals surface area contributed by atoms with Gasteiger partial charge in [0.15, 0.2) is 0 Å². The monoisotopic (exact) mass is 228 g/mol. The average molecular weight is 229 g/mol. The van der Waals surface area contributed by atoms with Gasteiger partial charge in [-0.1, -0.05) is 6.07 Å². The Morgan fingerprint density at radius 2 is 2.27 bits per heavy atom. The van der Waals surface area contributed by atoms with Gasteiger partial charge in [-0.25, -0.2) is 0 Å². The molecule has 1 aromatic heterocycles. The molecule has 0 aliphatic rings. The molecule has 0 unspecified atom stereocenters. The van der Waals surface area contributed by atoms with Gasteiger partial charge in [0.25, 0.3) is 0 Å². The van der Waals surface area contributed by atoms with Crippen LogP contribution in [0.4, 0.5) is 0 Å². The number of hydrogen-bond donors (Lipinski definition) is 1. The van der Waals surface area contributed by atoms with Gasteiger partial charge in [0, 0.05) is 25.2 Å². The minimum Gasteiger partial charge on any atom is -0.380 e. The van der Waals surface area contributed by atoms with Crippen molar-refractivity contribution in [3.05, 3.63) is 30.1 Å². The second-order valence-electron chi connectivity index (χ2n) is 3.15. The zero-order valence-electron chi connectivity index (χ0n) is 8.79. The fourth-order valence-electron chi connectivity index (χ4n) is 1.17. The molecule has 0 aliphatic carbocycles. The number of nitrogens with one attached hydrogen (secondary N) is 1. The molecule has 0 bridgehead atoms. The predicted molar refractivity (Wildman–Crippen MR) is 62.1 cm³/mol. The van der Waals surface area contributed by atoms with Crippen LogP contribution < -0.4 is 5.32 Å². The molecule has 0 fully saturated rings. The molecule has 1 N–H and O–H groups in total. The van der Waals surface area contributed by atoms with Crippen molar-refractivity contribution in [2.45, 2.75) is 13.0 Å². The van der Waals surface area contributed by atoms with Gasteiger partial charge in [-0.2, -0.15) is 0 Å². The summed E-state index contributed by atoms with van der Waals surface area (Å²) in [6.07, 6.45) is 2.81. The largest absolute Gasteiger partial charge is 0.380 e. The Kier molecular flexibility index (Phi) is 7.17. The second-order valence-corrected chi connectivity index (χ2v) is 3.53. The van der Waals surface area contributed by atoms with Crippen LogP contribution in [0.2, 0.25) is 0 Å². The lowest BCUT2D eigenvalue weighted by molar-refractivity contribution is 0.146. The highest BCUT2D eigenvalue weighted by atomic mass is 35.5. The molecular formula is C11H17ClN2O. The van der Waals surface area contributed by atoms with E-state index in [9.17, 15) is 0 Å². The van der Waals surface area contributed by atoms with Gasteiger partial charge in [0.1, 0.15) is 0 Å². The molecule has 0 spiro atoms. The maximum absolute atomic E-state index is 5.47. The molecule has 1 aromatic rings. The first-order valence-electron chi connectivity index (χ1n) is 5.18. The Labute approximate surface area is 95.8 Å². The smallest absolute Gasteiger partial charge is 0.0601 e. The summed E-state index contributed by atoms with van der Waals surface area (Å²) in [6, 6.07) is 5.92. The number of halogens is 1. The van der Waals surface area contributed by atoms with Crippen molar-refractivity contribution in [2.75, 3.05) is 25.6 Å². The van der Waals surface area contributed by atoms with Gasteiger partial charge in [0.05, 0.1) is 12.3 Å². The number of hydrogen-bond acceptors (Lipinski definition) is 3. The minimum absolute atomic E-state index is 0.571. The van der Waals surface area contributed by atoms with E-state index in [1.165, 1.54) is 0 Å². The van der Waals surface area contributed by atoms with Crippen molar-refractivity contribution in [3.63, 3.8) is 0 Å². The first kappa shape index (κ1) is 12.4. The number of rotatable bonds is 8. The van der Waals surface area contributed by atoms with E-state index in [2.05, 4.69) is 10.3 Å². The first-order valence-corrected chi connectivity index (χ1v) is 5.71. The molecule has 15 heavy (non-hydrogen) atoms. The summed E-state index contributed by atoms with van der Waals surface area (Å²) >= 11 is 5.47. The van der Waals surface area contributed by atoms with Gasteiger partial charge in [0.2, 0.25) is 0 Å². The SMILES string of the molecule is ClCCOCCCNCc1ccccn1. The van der Waals surface area contributed by atoms with Crippen LogP contribution >= 0.6 is 11.6 Å².